The molecule has 10 heteroatoms. The number of allylic oxidation sites excluding steroid dienone is 1. The van der Waals surface area contributed by atoms with Gasteiger partial charge in [0.25, 0.3) is 0 Å². The molecule has 1 amide bonds. The fourth-order valence-electron chi connectivity index (χ4n) is 3.41. The fourth-order valence-corrected chi connectivity index (χ4v) is 3.41. The van der Waals surface area contributed by atoms with Crippen LogP contribution < -0.4 is 20.9 Å². The van der Waals surface area contributed by atoms with E-state index in [0.717, 1.165) is 23.5 Å². The normalized spacial score (nSPS) is 15.0. The van der Waals surface area contributed by atoms with Gasteiger partial charge in [0.15, 0.2) is 17.3 Å². The Morgan fingerprint density at radius 1 is 1.07 bits per heavy atom. The second-order valence-electron chi connectivity index (χ2n) is 6.46. The van der Waals surface area contributed by atoms with Gasteiger partial charge in [-0.1, -0.05) is 12.1 Å². The Hall–Kier alpha value is -3.76. The number of nitrogens with zero attached hydrogens (tertiary/aromatic N) is 4. The number of carbonyl (C=O) groups excluding carboxylic acids is 1. The Kier molecular flexibility index (Phi) is 4.49. The first-order valence-corrected chi connectivity index (χ1v) is 8.59. The predicted molar refractivity (Wildman–Crippen MR) is 99.5 cm³/mol. The van der Waals surface area contributed by atoms with Crippen LogP contribution in [-0.2, 0) is 11.3 Å². The molecule has 8 nitrogen and oxygen atoms in total. The molecule has 2 aromatic carbocycles. The van der Waals surface area contributed by atoms with E-state index < -0.39 is 11.6 Å². The van der Waals surface area contributed by atoms with Gasteiger partial charge in [0.1, 0.15) is 11.4 Å². The van der Waals surface area contributed by atoms with Crippen LogP contribution in [0.5, 0.6) is 0 Å². The minimum atomic E-state index is -1.00. The molecule has 2 aliphatic rings. The van der Waals surface area contributed by atoms with Gasteiger partial charge in [-0.3, -0.25) is 4.79 Å². The van der Waals surface area contributed by atoms with Crippen molar-refractivity contribution in [3.8, 4) is 0 Å². The Balaban J connectivity index is 0.00000205. The summed E-state index contributed by atoms with van der Waals surface area (Å²) in [4.78, 5) is 17.2. The minimum absolute atomic E-state index is 0. The first kappa shape index (κ1) is 18.6. The fraction of sp³-hybridized carbons (Fsp3) is 0.0526. The zero-order valence-corrected chi connectivity index (χ0v) is 15.0. The van der Waals surface area contributed by atoms with Crippen LogP contribution in [0.15, 0.2) is 72.6 Å². The zero-order valence-electron chi connectivity index (χ0n) is 15.0. The SMILES string of the molecule is O=C1C2=C(Cn3ccnc3)Nc3ccccc3N2[NH2+]N1c1ccc(F)c(F)c1.[OH-]. The van der Waals surface area contributed by atoms with Gasteiger partial charge in [-0.15, -0.1) is 10.5 Å². The van der Waals surface area contributed by atoms with Gasteiger partial charge in [0, 0.05) is 18.5 Å². The monoisotopic (exact) mass is 398 g/mol. The lowest BCUT2D eigenvalue weighted by molar-refractivity contribution is -0.653. The third-order valence-electron chi connectivity index (χ3n) is 4.71. The third kappa shape index (κ3) is 3.00. The topological polar surface area (TPSA) is 100 Å². The number of nitrogens with one attached hydrogen (secondary N) is 1. The van der Waals surface area contributed by atoms with Gasteiger partial charge in [0.05, 0.1) is 24.3 Å². The number of nitrogens with two attached hydrogens (primary N) is 1. The van der Waals surface area contributed by atoms with Crippen molar-refractivity contribution in [1.29, 1.82) is 0 Å². The van der Waals surface area contributed by atoms with Crippen LogP contribution in [-0.4, -0.2) is 20.9 Å². The molecular formula is C19H16F2N6O2. The van der Waals surface area contributed by atoms with Crippen molar-refractivity contribution in [2.45, 2.75) is 6.54 Å². The lowest BCUT2D eigenvalue weighted by Crippen LogP contribution is -2.99. The summed E-state index contributed by atoms with van der Waals surface area (Å²) in [6.45, 7) is 0.408. The minimum Gasteiger partial charge on any atom is -0.870 e. The largest absolute Gasteiger partial charge is 0.870 e. The number of benzene rings is 2. The molecule has 1 saturated heterocycles. The van der Waals surface area contributed by atoms with Crippen LogP contribution in [0, 0.1) is 11.6 Å². The van der Waals surface area contributed by atoms with Crippen LogP contribution in [0.4, 0.5) is 25.8 Å². The summed E-state index contributed by atoms with van der Waals surface area (Å²) >= 11 is 0. The molecule has 0 unspecified atom stereocenters. The molecule has 0 saturated carbocycles. The van der Waals surface area contributed by atoms with Gasteiger partial charge in [-0.25, -0.2) is 13.8 Å². The molecule has 0 spiro atoms. The standard InChI is InChI=1S/C19H14F2N6O.H2O/c20-13-6-5-12(9-14(13)21)26-19(28)18-16(10-25-8-7-22-11-25)23-15-3-1-2-4-17(15)27(18)24-26;/h1-9,11,23-24H,10H2;1H2. The first-order chi connectivity index (χ1) is 13.6. The highest BCUT2D eigenvalue weighted by molar-refractivity contribution is 6.09. The van der Waals surface area contributed by atoms with Crippen LogP contribution in [0.2, 0.25) is 0 Å². The summed E-state index contributed by atoms with van der Waals surface area (Å²) in [5.41, 5.74) is 4.60. The number of rotatable bonds is 3. The van der Waals surface area contributed by atoms with Crippen LogP contribution in [0.3, 0.4) is 0 Å². The summed E-state index contributed by atoms with van der Waals surface area (Å²) in [6.07, 6.45) is 5.13. The van der Waals surface area contributed by atoms with E-state index in [4.69, 9.17) is 0 Å². The van der Waals surface area contributed by atoms with Crippen molar-refractivity contribution >= 4 is 23.0 Å². The van der Waals surface area contributed by atoms with Gasteiger partial charge in [-0.05, 0) is 24.3 Å². The molecule has 3 aromatic rings. The van der Waals surface area contributed by atoms with Crippen molar-refractivity contribution in [1.82, 2.24) is 9.55 Å². The van der Waals surface area contributed by atoms with Gasteiger partial charge in [-0.2, -0.15) is 5.01 Å². The highest BCUT2D eigenvalue weighted by Crippen LogP contribution is 2.36. The molecule has 5 rings (SSSR count). The van der Waals surface area contributed by atoms with Crippen molar-refractivity contribution in [3.63, 3.8) is 0 Å². The Labute approximate surface area is 163 Å². The Bertz CT molecular complexity index is 1120. The van der Waals surface area contributed by atoms with Crippen molar-refractivity contribution in [2.24, 2.45) is 0 Å². The van der Waals surface area contributed by atoms with Gasteiger partial charge < -0.3 is 15.4 Å². The maximum atomic E-state index is 13.7. The summed E-state index contributed by atoms with van der Waals surface area (Å²) in [5.74, 6) is -2.29. The number of anilines is 3. The molecular weight excluding hydrogens is 382 g/mol. The maximum absolute atomic E-state index is 13.7. The van der Waals surface area contributed by atoms with E-state index in [1.165, 1.54) is 11.1 Å². The van der Waals surface area contributed by atoms with Crippen molar-refractivity contribution in [3.05, 3.63) is 84.2 Å². The average molecular weight is 398 g/mol. The van der Waals surface area contributed by atoms with Crippen LogP contribution >= 0.6 is 0 Å². The molecule has 29 heavy (non-hydrogen) atoms. The number of amides is 1. The first-order valence-electron chi connectivity index (χ1n) is 8.59. The van der Waals surface area contributed by atoms with Crippen LogP contribution in [0.1, 0.15) is 0 Å². The Morgan fingerprint density at radius 2 is 1.90 bits per heavy atom. The average Bonchev–Trinajstić information content (AvgIpc) is 3.32. The number of carbonyl (C=O) groups is 1. The summed E-state index contributed by atoms with van der Waals surface area (Å²) in [7, 11) is 0. The molecule has 2 aliphatic heterocycles. The van der Waals surface area contributed by atoms with E-state index in [9.17, 15) is 13.6 Å². The molecule has 0 radical (unpaired) electrons. The van der Waals surface area contributed by atoms with E-state index in [2.05, 4.69) is 10.3 Å². The molecule has 0 bridgehead atoms. The van der Waals surface area contributed by atoms with Gasteiger partial charge in [0.2, 0.25) is 0 Å². The van der Waals surface area contributed by atoms with Gasteiger partial charge >= 0.3 is 5.91 Å². The Morgan fingerprint density at radius 3 is 2.66 bits per heavy atom. The molecule has 0 atom stereocenters. The third-order valence-corrected chi connectivity index (χ3v) is 4.71. The number of aromatic nitrogens is 2. The highest BCUT2D eigenvalue weighted by Gasteiger charge is 2.44. The summed E-state index contributed by atoms with van der Waals surface area (Å²) < 4.78 is 28.9. The predicted octanol–water partition coefficient (Wildman–Crippen LogP) is 1.57. The van der Waals surface area contributed by atoms with E-state index in [1.807, 2.05) is 28.8 Å². The second-order valence-corrected chi connectivity index (χ2v) is 6.46. The molecule has 4 N–H and O–H groups in total. The number of quaternary nitrogens is 1. The lowest BCUT2D eigenvalue weighted by atomic mass is 10.1. The number of imidazole rings is 1. The van der Waals surface area contributed by atoms with E-state index >= 15 is 0 Å². The molecule has 1 fully saturated rings. The number of fused-ring (bicyclic) bond motifs is 3. The second kappa shape index (κ2) is 7.00. The highest BCUT2D eigenvalue weighted by atomic mass is 19.2. The number of para-hydroxylation sites is 2. The molecule has 1 aromatic heterocycles. The number of hydrogen-bond donors (Lipinski definition) is 2. The van der Waals surface area contributed by atoms with Crippen molar-refractivity contribution in [2.75, 3.05) is 15.3 Å². The molecule has 148 valence electrons. The smallest absolute Gasteiger partial charge is 0.330 e. The summed E-state index contributed by atoms with van der Waals surface area (Å²) in [5, 5.41) is 6.40. The van der Waals surface area contributed by atoms with Crippen LogP contribution in [0.25, 0.3) is 0 Å². The number of hydrogen-bond acceptors (Lipinski definition) is 5. The summed E-state index contributed by atoms with van der Waals surface area (Å²) in [6, 6.07) is 11.0. The quantitative estimate of drug-likeness (QED) is 0.515. The van der Waals surface area contributed by atoms with E-state index in [-0.39, 0.29) is 17.1 Å². The van der Waals surface area contributed by atoms with E-state index in [1.54, 1.807) is 29.3 Å². The molecule has 0 aliphatic carbocycles. The van der Waals surface area contributed by atoms with Crippen molar-refractivity contribution < 1.29 is 24.6 Å². The zero-order chi connectivity index (χ0) is 19.3. The number of halogens is 2. The molecule has 3 heterocycles. The maximum Gasteiger partial charge on any atom is 0.330 e. The lowest BCUT2D eigenvalue weighted by Gasteiger charge is -2.26. The van der Waals surface area contributed by atoms with E-state index in [0.29, 0.717) is 17.9 Å².